The third-order valence-electron chi connectivity index (χ3n) is 7.06. The molecule has 0 aliphatic carbocycles. The first-order valence-electron chi connectivity index (χ1n) is 14.3. The van der Waals surface area contributed by atoms with E-state index in [-0.39, 0.29) is 12.2 Å². The quantitative estimate of drug-likeness (QED) is 0.143. The zero-order valence-corrected chi connectivity index (χ0v) is 22.7. The Morgan fingerprint density at radius 3 is 2.37 bits per heavy atom. The van der Waals surface area contributed by atoms with Gasteiger partial charge in [-0.3, -0.25) is 9.36 Å². The number of carbonyl (C=O) groups excluding carboxylic acids is 1. The van der Waals surface area contributed by atoms with E-state index in [0.717, 1.165) is 32.1 Å². The van der Waals surface area contributed by atoms with Crippen LogP contribution in [0.2, 0.25) is 0 Å². The summed E-state index contributed by atoms with van der Waals surface area (Å²) in [7, 11) is 0. The van der Waals surface area contributed by atoms with Gasteiger partial charge < -0.3 is 25.4 Å². The maximum Gasteiger partial charge on any atom is 0.306 e. The highest BCUT2D eigenvalue weighted by molar-refractivity contribution is 5.81. The summed E-state index contributed by atoms with van der Waals surface area (Å²) in [6, 6.07) is 0. The highest BCUT2D eigenvalue weighted by Crippen LogP contribution is 2.34. The van der Waals surface area contributed by atoms with Crippen molar-refractivity contribution < 1.29 is 24.5 Å². The van der Waals surface area contributed by atoms with Gasteiger partial charge in [0.2, 0.25) is 0 Å². The van der Waals surface area contributed by atoms with Crippen LogP contribution < -0.4 is 5.73 Å². The second-order valence-electron chi connectivity index (χ2n) is 10.1. The molecule has 38 heavy (non-hydrogen) atoms. The zero-order chi connectivity index (χ0) is 27.2. The highest BCUT2D eigenvalue weighted by Gasteiger charge is 2.47. The van der Waals surface area contributed by atoms with E-state index < -0.39 is 37.1 Å². The Hall–Kier alpha value is -2.56. The number of aliphatic hydroxyl groups excluding tert-OH is 2. The molecule has 0 spiro atoms. The van der Waals surface area contributed by atoms with Crippen molar-refractivity contribution in [1.82, 2.24) is 19.5 Å². The maximum atomic E-state index is 12.6. The van der Waals surface area contributed by atoms with Gasteiger partial charge >= 0.3 is 5.97 Å². The van der Waals surface area contributed by atoms with Crippen molar-refractivity contribution in [3.05, 3.63) is 24.8 Å². The summed E-state index contributed by atoms with van der Waals surface area (Å²) in [5.74, 6) is -0.193. The van der Waals surface area contributed by atoms with E-state index in [0.29, 0.717) is 11.2 Å². The van der Waals surface area contributed by atoms with Crippen molar-refractivity contribution in [3.8, 4) is 0 Å². The molecule has 0 unspecified atom stereocenters. The molecule has 0 bridgehead atoms. The van der Waals surface area contributed by atoms with Crippen molar-refractivity contribution in [2.24, 2.45) is 0 Å². The lowest BCUT2D eigenvalue weighted by Gasteiger charge is -2.22. The van der Waals surface area contributed by atoms with Crippen LogP contribution in [-0.2, 0) is 14.3 Å². The van der Waals surface area contributed by atoms with Gasteiger partial charge in [0.05, 0.1) is 12.9 Å². The summed E-state index contributed by atoms with van der Waals surface area (Å²) in [4.78, 5) is 24.9. The Labute approximate surface area is 225 Å². The van der Waals surface area contributed by atoms with Gasteiger partial charge in [-0.1, -0.05) is 70.4 Å². The van der Waals surface area contributed by atoms with E-state index in [1.165, 1.54) is 64.0 Å². The molecule has 1 aliphatic rings. The molecule has 2 aromatic rings. The summed E-state index contributed by atoms with van der Waals surface area (Å²) < 4.78 is 13.0. The van der Waals surface area contributed by atoms with Gasteiger partial charge in [-0.25, -0.2) is 15.0 Å². The van der Waals surface area contributed by atoms with Crippen LogP contribution in [0, 0.1) is 0 Å². The lowest BCUT2D eigenvalue weighted by molar-refractivity contribution is -0.158. The van der Waals surface area contributed by atoms with E-state index in [1.807, 2.05) is 0 Å². The number of nitrogen functional groups attached to an aromatic ring is 1. The van der Waals surface area contributed by atoms with Crippen molar-refractivity contribution in [1.29, 1.82) is 0 Å². The second kappa shape index (κ2) is 16.4. The molecule has 1 saturated heterocycles. The molecule has 4 N–H and O–H groups in total. The van der Waals surface area contributed by atoms with Crippen LogP contribution in [0.3, 0.4) is 0 Å². The standard InChI is InChI=1S/C28H45N5O5/c1-2-3-4-5-6-7-8-9-10-11-12-13-14-15-16-17-22(35)38-25-24(36)21(18-34)37-28(25)33-20-32-23-26(29)30-19-31-27(23)33/h9-10,19-21,24-25,28,34,36H,2-8,11-18H2,1H3,(H2,29,30,31)/b10-9-/t21-,24-,25-,28-/m1/s1. The Balaban J connectivity index is 1.33. The van der Waals surface area contributed by atoms with Crippen molar-refractivity contribution in [3.63, 3.8) is 0 Å². The van der Waals surface area contributed by atoms with Crippen LogP contribution in [0.15, 0.2) is 24.8 Å². The number of hydrogen-bond donors (Lipinski definition) is 3. The molecule has 0 aromatic carbocycles. The zero-order valence-electron chi connectivity index (χ0n) is 22.7. The number of anilines is 1. The van der Waals surface area contributed by atoms with Crippen molar-refractivity contribution in [2.75, 3.05) is 12.3 Å². The molecule has 3 rings (SSSR count). The number of allylic oxidation sites excluding steroid dienone is 2. The number of unbranched alkanes of at least 4 members (excludes halogenated alkanes) is 11. The first-order chi connectivity index (χ1) is 18.6. The topological polar surface area (TPSA) is 146 Å². The molecule has 212 valence electrons. The van der Waals surface area contributed by atoms with Gasteiger partial charge in [0.1, 0.15) is 24.1 Å². The number of nitrogens with two attached hydrogens (primary N) is 1. The molecule has 1 aliphatic heterocycles. The molecule has 1 fully saturated rings. The minimum atomic E-state index is -1.18. The van der Waals surface area contributed by atoms with Gasteiger partial charge in [-0.2, -0.15) is 0 Å². The van der Waals surface area contributed by atoms with Gasteiger partial charge in [0, 0.05) is 6.42 Å². The third-order valence-corrected chi connectivity index (χ3v) is 7.06. The number of carbonyl (C=O) groups is 1. The van der Waals surface area contributed by atoms with Gasteiger partial charge in [-0.05, 0) is 32.1 Å². The fraction of sp³-hybridized carbons (Fsp3) is 0.714. The molecule has 4 atom stereocenters. The van der Waals surface area contributed by atoms with E-state index in [9.17, 15) is 15.0 Å². The minimum absolute atomic E-state index is 0.212. The molecule has 10 heteroatoms. The summed E-state index contributed by atoms with van der Waals surface area (Å²) in [5, 5.41) is 20.3. The van der Waals surface area contributed by atoms with Gasteiger partial charge in [0.15, 0.2) is 23.8 Å². The molecule has 10 nitrogen and oxygen atoms in total. The first kappa shape index (κ1) is 30.0. The van der Waals surface area contributed by atoms with Crippen LogP contribution in [0.4, 0.5) is 5.82 Å². The Kier molecular flexibility index (Phi) is 13.0. The average molecular weight is 532 g/mol. The Morgan fingerprint density at radius 2 is 1.68 bits per heavy atom. The number of rotatable bonds is 18. The highest BCUT2D eigenvalue weighted by atomic mass is 16.6. The second-order valence-corrected chi connectivity index (χ2v) is 10.1. The summed E-state index contributed by atoms with van der Waals surface area (Å²) in [6.07, 6.45) is 19.1. The number of nitrogens with zero attached hydrogens (tertiary/aromatic N) is 4. The van der Waals surface area contributed by atoms with Crippen LogP contribution in [-0.4, -0.2) is 60.6 Å². The van der Waals surface area contributed by atoms with E-state index in [1.54, 1.807) is 4.57 Å². The number of aromatic nitrogens is 4. The van der Waals surface area contributed by atoms with Crippen molar-refractivity contribution >= 4 is 23.0 Å². The smallest absolute Gasteiger partial charge is 0.306 e. The van der Waals surface area contributed by atoms with Crippen LogP contribution >= 0.6 is 0 Å². The lowest BCUT2D eigenvalue weighted by atomic mass is 10.1. The minimum Gasteiger partial charge on any atom is -0.455 e. The molecule has 2 aromatic heterocycles. The summed E-state index contributed by atoms with van der Waals surface area (Å²) in [5.41, 5.74) is 6.65. The number of aliphatic hydroxyl groups is 2. The monoisotopic (exact) mass is 531 g/mol. The number of fused-ring (bicyclic) bond motifs is 1. The Bertz CT molecular complexity index is 997. The molecule has 3 heterocycles. The number of hydrogen-bond acceptors (Lipinski definition) is 9. The Morgan fingerprint density at radius 1 is 1.03 bits per heavy atom. The SMILES string of the molecule is CCCCCCCC/C=C\CCCCCCCC(=O)O[C@@H]1[C@H](O)[C@@H](CO)O[C@H]1n1cnc2c(N)ncnc21. The fourth-order valence-electron chi connectivity index (χ4n) is 4.83. The van der Waals surface area contributed by atoms with E-state index in [2.05, 4.69) is 34.0 Å². The average Bonchev–Trinajstić information content (AvgIpc) is 3.48. The van der Waals surface area contributed by atoms with Gasteiger partial charge in [-0.15, -0.1) is 0 Å². The van der Waals surface area contributed by atoms with Crippen LogP contribution in [0.1, 0.15) is 103 Å². The predicted molar refractivity (Wildman–Crippen MR) is 146 cm³/mol. The van der Waals surface area contributed by atoms with Crippen molar-refractivity contribution in [2.45, 2.75) is 121 Å². The number of ether oxygens (including phenoxy) is 2. The summed E-state index contributed by atoms with van der Waals surface area (Å²) in [6.45, 7) is 1.84. The third kappa shape index (κ3) is 8.74. The normalized spacial score (nSPS) is 21.6. The molecule has 0 amide bonds. The van der Waals surface area contributed by atoms with Crippen LogP contribution in [0.5, 0.6) is 0 Å². The lowest BCUT2D eigenvalue weighted by Crippen LogP contribution is -2.37. The van der Waals surface area contributed by atoms with Gasteiger partial charge in [0.25, 0.3) is 0 Å². The summed E-state index contributed by atoms with van der Waals surface area (Å²) >= 11 is 0. The fourth-order valence-corrected chi connectivity index (χ4v) is 4.83. The van der Waals surface area contributed by atoms with E-state index in [4.69, 9.17) is 15.2 Å². The molecular weight excluding hydrogens is 486 g/mol. The number of esters is 1. The molecular formula is C28H45N5O5. The first-order valence-corrected chi connectivity index (χ1v) is 14.3. The molecule has 0 radical (unpaired) electrons. The predicted octanol–water partition coefficient (Wildman–Crippen LogP) is 4.61. The molecule has 0 saturated carbocycles. The van der Waals surface area contributed by atoms with Crippen LogP contribution in [0.25, 0.3) is 11.2 Å². The van der Waals surface area contributed by atoms with E-state index >= 15 is 0 Å². The number of imidazole rings is 1. The maximum absolute atomic E-state index is 12.6. The largest absolute Gasteiger partial charge is 0.455 e.